The number of para-hydroxylation sites is 1. The van der Waals surface area contributed by atoms with Crippen molar-refractivity contribution in [3.8, 4) is 16.6 Å². The third kappa shape index (κ3) is 2.44. The maximum Gasteiger partial charge on any atom is 0.194 e. The van der Waals surface area contributed by atoms with Crippen LogP contribution in [0, 0.1) is 6.92 Å². The number of hydrogen-bond donors (Lipinski definition) is 0. The lowest BCUT2D eigenvalue weighted by Gasteiger charge is -2.41. The SMILES string of the molecule is Cc1nsc(-c2nnc3n2CCN(C2CCOc4ccccc42)[C@@H]3C)n1. The molecule has 4 heterocycles. The lowest BCUT2D eigenvalue weighted by molar-refractivity contribution is 0.0776. The molecule has 5 rings (SSSR count). The molecule has 0 N–H and O–H groups in total. The molecular weight excluding hydrogens is 348 g/mol. The van der Waals surface area contributed by atoms with Crippen LogP contribution in [0.15, 0.2) is 24.3 Å². The van der Waals surface area contributed by atoms with Gasteiger partial charge in [0.15, 0.2) is 16.7 Å². The van der Waals surface area contributed by atoms with Crippen LogP contribution in [0.5, 0.6) is 5.75 Å². The minimum atomic E-state index is 0.190. The van der Waals surface area contributed by atoms with Crippen LogP contribution in [0.25, 0.3) is 10.8 Å². The van der Waals surface area contributed by atoms with Crippen LogP contribution in [-0.4, -0.2) is 42.2 Å². The van der Waals surface area contributed by atoms with Gasteiger partial charge in [-0.05, 0) is 31.4 Å². The van der Waals surface area contributed by atoms with E-state index in [1.165, 1.54) is 17.1 Å². The number of aryl methyl sites for hydroxylation is 1. The Morgan fingerprint density at radius 2 is 2.08 bits per heavy atom. The molecule has 1 unspecified atom stereocenters. The van der Waals surface area contributed by atoms with Gasteiger partial charge in [-0.15, -0.1) is 10.2 Å². The molecule has 7 nitrogen and oxygen atoms in total. The van der Waals surface area contributed by atoms with E-state index in [2.05, 4.69) is 54.1 Å². The van der Waals surface area contributed by atoms with Gasteiger partial charge in [0, 0.05) is 31.1 Å². The first-order valence-corrected chi connectivity index (χ1v) is 9.71. The molecule has 2 aliphatic heterocycles. The van der Waals surface area contributed by atoms with Crippen LogP contribution in [0.1, 0.15) is 42.6 Å². The number of rotatable bonds is 2. The fraction of sp³-hybridized carbons (Fsp3) is 0.444. The van der Waals surface area contributed by atoms with Crippen molar-refractivity contribution in [3.63, 3.8) is 0 Å². The number of nitrogens with zero attached hydrogens (tertiary/aromatic N) is 6. The maximum absolute atomic E-state index is 5.84. The van der Waals surface area contributed by atoms with Gasteiger partial charge in [-0.3, -0.25) is 4.90 Å². The van der Waals surface area contributed by atoms with E-state index in [4.69, 9.17) is 4.74 Å². The van der Waals surface area contributed by atoms with E-state index < -0.39 is 0 Å². The average Bonchev–Trinajstić information content (AvgIpc) is 3.28. The summed E-state index contributed by atoms with van der Waals surface area (Å²) in [4.78, 5) is 7.01. The molecular formula is C18H20N6OS. The van der Waals surface area contributed by atoms with Crippen LogP contribution in [-0.2, 0) is 6.54 Å². The zero-order chi connectivity index (χ0) is 17.7. The predicted octanol–water partition coefficient (Wildman–Crippen LogP) is 3.01. The Labute approximate surface area is 155 Å². The molecule has 0 amide bonds. The zero-order valence-corrected chi connectivity index (χ0v) is 15.6. The van der Waals surface area contributed by atoms with Crippen LogP contribution in [0.4, 0.5) is 0 Å². The highest BCUT2D eigenvalue weighted by Gasteiger charge is 2.36. The van der Waals surface area contributed by atoms with Crippen LogP contribution >= 0.6 is 11.5 Å². The van der Waals surface area contributed by atoms with Gasteiger partial charge in [0.05, 0.1) is 12.6 Å². The van der Waals surface area contributed by atoms with E-state index in [0.29, 0.717) is 6.04 Å². The third-order valence-electron chi connectivity index (χ3n) is 5.28. The van der Waals surface area contributed by atoms with Gasteiger partial charge in [-0.2, -0.15) is 4.37 Å². The molecule has 3 aromatic rings. The Balaban J connectivity index is 1.49. The van der Waals surface area contributed by atoms with Crippen molar-refractivity contribution in [3.05, 3.63) is 41.5 Å². The summed E-state index contributed by atoms with van der Waals surface area (Å²) < 4.78 is 12.3. The molecule has 0 radical (unpaired) electrons. The van der Waals surface area contributed by atoms with Gasteiger partial charge in [-0.25, -0.2) is 4.98 Å². The smallest absolute Gasteiger partial charge is 0.194 e. The molecule has 134 valence electrons. The van der Waals surface area contributed by atoms with Crippen LogP contribution < -0.4 is 4.74 Å². The number of fused-ring (bicyclic) bond motifs is 2. The lowest BCUT2D eigenvalue weighted by atomic mass is 9.96. The number of benzene rings is 1. The van der Waals surface area contributed by atoms with Crippen LogP contribution in [0.2, 0.25) is 0 Å². The van der Waals surface area contributed by atoms with Crippen molar-refractivity contribution in [2.45, 2.75) is 38.9 Å². The molecule has 26 heavy (non-hydrogen) atoms. The Morgan fingerprint density at radius 3 is 2.92 bits per heavy atom. The average molecular weight is 368 g/mol. The predicted molar refractivity (Wildman–Crippen MR) is 98.1 cm³/mol. The van der Waals surface area contributed by atoms with Gasteiger partial charge in [0.2, 0.25) is 0 Å². The van der Waals surface area contributed by atoms with Gasteiger partial charge in [0.25, 0.3) is 0 Å². The van der Waals surface area contributed by atoms with Crippen molar-refractivity contribution in [2.24, 2.45) is 0 Å². The van der Waals surface area contributed by atoms with Gasteiger partial charge < -0.3 is 9.30 Å². The summed E-state index contributed by atoms with van der Waals surface area (Å²) in [5.74, 6) is 3.63. The number of aromatic nitrogens is 5. The van der Waals surface area contributed by atoms with E-state index in [1.807, 2.05) is 13.0 Å². The van der Waals surface area contributed by atoms with E-state index in [1.54, 1.807) is 0 Å². The molecule has 8 heteroatoms. The Kier molecular flexibility index (Phi) is 3.75. The Bertz CT molecular complexity index is 951. The summed E-state index contributed by atoms with van der Waals surface area (Å²) in [5.41, 5.74) is 1.28. The fourth-order valence-electron chi connectivity index (χ4n) is 4.04. The first kappa shape index (κ1) is 15.9. The van der Waals surface area contributed by atoms with E-state index in [-0.39, 0.29) is 6.04 Å². The molecule has 2 aliphatic rings. The molecule has 0 saturated carbocycles. The highest BCUT2D eigenvalue weighted by Crippen LogP contribution is 2.41. The number of hydrogen-bond acceptors (Lipinski definition) is 7. The minimum Gasteiger partial charge on any atom is -0.493 e. The normalized spacial score (nSPS) is 22.5. The zero-order valence-electron chi connectivity index (χ0n) is 14.8. The molecule has 0 fully saturated rings. The second-order valence-corrected chi connectivity index (χ2v) is 7.54. The third-order valence-corrected chi connectivity index (χ3v) is 6.08. The van der Waals surface area contributed by atoms with Crippen molar-refractivity contribution in [1.82, 2.24) is 29.0 Å². The molecule has 1 aromatic carbocycles. The summed E-state index contributed by atoms with van der Waals surface area (Å²) in [7, 11) is 0. The first-order chi connectivity index (χ1) is 12.7. The van der Waals surface area contributed by atoms with Crippen molar-refractivity contribution < 1.29 is 4.74 Å². The van der Waals surface area contributed by atoms with Crippen molar-refractivity contribution >= 4 is 11.5 Å². The highest BCUT2D eigenvalue weighted by molar-refractivity contribution is 7.09. The first-order valence-electron chi connectivity index (χ1n) is 8.93. The van der Waals surface area contributed by atoms with E-state index >= 15 is 0 Å². The Hall–Kier alpha value is -2.32. The fourth-order valence-corrected chi connectivity index (χ4v) is 4.71. The summed E-state index contributed by atoms with van der Waals surface area (Å²) in [6.45, 7) is 6.69. The molecule has 0 saturated heterocycles. The number of ether oxygens (including phenoxy) is 1. The van der Waals surface area contributed by atoms with Crippen LogP contribution in [0.3, 0.4) is 0 Å². The van der Waals surface area contributed by atoms with Crippen molar-refractivity contribution in [1.29, 1.82) is 0 Å². The maximum atomic E-state index is 5.84. The molecule has 0 bridgehead atoms. The van der Waals surface area contributed by atoms with Crippen molar-refractivity contribution in [2.75, 3.05) is 13.2 Å². The van der Waals surface area contributed by atoms with Gasteiger partial charge in [0.1, 0.15) is 11.6 Å². The summed E-state index contributed by atoms with van der Waals surface area (Å²) in [6, 6.07) is 8.92. The quantitative estimate of drug-likeness (QED) is 0.693. The van der Waals surface area contributed by atoms with E-state index in [9.17, 15) is 0 Å². The van der Waals surface area contributed by atoms with Gasteiger partial charge in [-0.1, -0.05) is 18.2 Å². The second kappa shape index (κ2) is 6.14. The molecule has 2 atom stereocenters. The van der Waals surface area contributed by atoms with E-state index in [0.717, 1.165) is 54.3 Å². The largest absolute Gasteiger partial charge is 0.493 e. The highest BCUT2D eigenvalue weighted by atomic mass is 32.1. The lowest BCUT2D eigenvalue weighted by Crippen LogP contribution is -2.41. The monoisotopic (exact) mass is 368 g/mol. The summed E-state index contributed by atoms with van der Waals surface area (Å²) in [6.07, 6.45) is 0.998. The standard InChI is InChI=1S/C18H20N6OS/c1-11-16-20-21-17(18-19-12(2)22-26-18)24(16)9-8-23(11)14-7-10-25-15-6-4-3-5-13(14)15/h3-6,11,14H,7-10H2,1-2H3/t11-,14?/m1/s1. The molecule has 0 aliphatic carbocycles. The molecule has 2 aromatic heterocycles. The Morgan fingerprint density at radius 1 is 1.19 bits per heavy atom. The topological polar surface area (TPSA) is 69.0 Å². The molecule has 0 spiro atoms. The minimum absolute atomic E-state index is 0.190. The summed E-state index contributed by atoms with van der Waals surface area (Å²) >= 11 is 1.39. The summed E-state index contributed by atoms with van der Waals surface area (Å²) in [5, 5.41) is 9.77. The van der Waals surface area contributed by atoms with Gasteiger partial charge >= 0.3 is 0 Å². The second-order valence-electron chi connectivity index (χ2n) is 6.78.